The zero-order chi connectivity index (χ0) is 17.0. The van der Waals surface area contributed by atoms with Crippen LogP contribution in [-0.2, 0) is 14.3 Å². The van der Waals surface area contributed by atoms with E-state index < -0.39 is 5.54 Å². The summed E-state index contributed by atoms with van der Waals surface area (Å²) in [7, 11) is 3.17. The molecule has 23 heavy (non-hydrogen) atoms. The molecule has 0 aliphatic carbocycles. The summed E-state index contributed by atoms with van der Waals surface area (Å²) in [5, 5.41) is 12.5. The number of H-pyrrole nitrogens is 1. The smallest absolute Gasteiger partial charge is 0.242 e. The van der Waals surface area contributed by atoms with Crippen LogP contribution < -0.4 is 10.6 Å². The number of amides is 2. The maximum Gasteiger partial charge on any atom is 0.242 e. The zero-order valence-electron chi connectivity index (χ0n) is 14.2. The highest BCUT2D eigenvalue weighted by atomic mass is 16.5. The maximum atomic E-state index is 12.4. The Kier molecular flexibility index (Phi) is 5.38. The van der Waals surface area contributed by atoms with Gasteiger partial charge in [-0.25, -0.2) is 0 Å². The van der Waals surface area contributed by atoms with Crippen LogP contribution in [0.1, 0.15) is 24.2 Å². The Morgan fingerprint density at radius 2 is 2.17 bits per heavy atom. The number of hydrogen-bond acceptors (Lipinski definition) is 5. The van der Waals surface area contributed by atoms with Gasteiger partial charge in [0.05, 0.1) is 30.2 Å². The summed E-state index contributed by atoms with van der Waals surface area (Å²) in [6.07, 6.45) is 1.53. The molecule has 0 radical (unpaired) electrons. The SMILES string of the molecule is CNC(=O)C1(COC)CCCN1CC(=O)Nc1c(C)n[nH]c1C. The number of nitrogens with zero attached hydrogens (tertiary/aromatic N) is 2. The average Bonchev–Trinajstić information content (AvgIpc) is 3.06. The predicted molar refractivity (Wildman–Crippen MR) is 86.2 cm³/mol. The van der Waals surface area contributed by atoms with Gasteiger partial charge in [-0.05, 0) is 33.2 Å². The fraction of sp³-hybridized carbons (Fsp3) is 0.667. The molecule has 1 aliphatic heterocycles. The standard InChI is InChI=1S/C15H25N5O3/c1-10-13(11(2)19-18-10)17-12(21)8-20-7-5-6-15(20,9-23-4)14(22)16-3/h5-9H2,1-4H3,(H,16,22)(H,17,21)(H,18,19). The molecule has 0 aromatic carbocycles. The first-order valence-corrected chi connectivity index (χ1v) is 7.72. The van der Waals surface area contributed by atoms with Crippen LogP contribution in [0.2, 0.25) is 0 Å². The van der Waals surface area contributed by atoms with Crippen molar-refractivity contribution in [1.29, 1.82) is 0 Å². The van der Waals surface area contributed by atoms with Crippen molar-refractivity contribution in [2.75, 3.05) is 39.2 Å². The Morgan fingerprint density at radius 3 is 2.74 bits per heavy atom. The van der Waals surface area contributed by atoms with Crippen molar-refractivity contribution in [3.05, 3.63) is 11.4 Å². The Balaban J connectivity index is 2.11. The first kappa shape index (κ1) is 17.4. The van der Waals surface area contributed by atoms with Crippen LogP contribution in [0.5, 0.6) is 0 Å². The van der Waals surface area contributed by atoms with E-state index in [1.54, 1.807) is 14.2 Å². The second kappa shape index (κ2) is 7.10. The van der Waals surface area contributed by atoms with Gasteiger partial charge in [0.2, 0.25) is 11.8 Å². The second-order valence-electron chi connectivity index (χ2n) is 5.93. The first-order chi connectivity index (χ1) is 10.9. The van der Waals surface area contributed by atoms with Gasteiger partial charge >= 0.3 is 0 Å². The monoisotopic (exact) mass is 323 g/mol. The minimum absolute atomic E-state index is 0.111. The molecule has 8 nitrogen and oxygen atoms in total. The van der Waals surface area contributed by atoms with Gasteiger partial charge in [-0.2, -0.15) is 5.10 Å². The van der Waals surface area contributed by atoms with Crippen LogP contribution in [0.4, 0.5) is 5.69 Å². The number of nitrogens with one attached hydrogen (secondary N) is 3. The largest absolute Gasteiger partial charge is 0.382 e. The normalized spacial score (nSPS) is 21.4. The van der Waals surface area contributed by atoms with Crippen LogP contribution in [0.25, 0.3) is 0 Å². The first-order valence-electron chi connectivity index (χ1n) is 7.72. The van der Waals surface area contributed by atoms with E-state index in [1.165, 1.54) is 0 Å². The van der Waals surface area contributed by atoms with Crippen LogP contribution in [-0.4, -0.2) is 66.3 Å². The number of anilines is 1. The third-order valence-electron chi connectivity index (χ3n) is 4.38. The summed E-state index contributed by atoms with van der Waals surface area (Å²) in [5.41, 5.74) is 1.48. The third-order valence-corrected chi connectivity index (χ3v) is 4.38. The summed E-state index contributed by atoms with van der Waals surface area (Å²) in [5.74, 6) is -0.274. The zero-order valence-corrected chi connectivity index (χ0v) is 14.2. The molecule has 128 valence electrons. The molecular formula is C15H25N5O3. The van der Waals surface area contributed by atoms with E-state index in [9.17, 15) is 9.59 Å². The van der Waals surface area contributed by atoms with Crippen molar-refractivity contribution in [2.45, 2.75) is 32.2 Å². The highest BCUT2D eigenvalue weighted by Crippen LogP contribution is 2.30. The lowest BCUT2D eigenvalue weighted by molar-refractivity contribution is -0.136. The summed E-state index contributed by atoms with van der Waals surface area (Å²) in [4.78, 5) is 26.7. The van der Waals surface area contributed by atoms with Crippen molar-refractivity contribution < 1.29 is 14.3 Å². The van der Waals surface area contributed by atoms with Gasteiger partial charge < -0.3 is 15.4 Å². The Bertz CT molecular complexity index is 566. The lowest BCUT2D eigenvalue weighted by Crippen LogP contribution is -2.59. The Morgan fingerprint density at radius 1 is 1.43 bits per heavy atom. The van der Waals surface area contributed by atoms with Crippen molar-refractivity contribution >= 4 is 17.5 Å². The summed E-state index contributed by atoms with van der Waals surface area (Å²) < 4.78 is 5.26. The summed E-state index contributed by atoms with van der Waals surface area (Å²) >= 11 is 0. The Labute approximate surface area is 135 Å². The van der Waals surface area contributed by atoms with E-state index in [1.807, 2.05) is 18.7 Å². The number of rotatable bonds is 6. The minimum Gasteiger partial charge on any atom is -0.382 e. The molecule has 1 saturated heterocycles. The fourth-order valence-corrected chi connectivity index (χ4v) is 3.21. The number of carbonyl (C=O) groups is 2. The van der Waals surface area contributed by atoms with Crippen LogP contribution in [0, 0.1) is 13.8 Å². The Hall–Kier alpha value is -1.93. The highest BCUT2D eigenvalue weighted by molar-refractivity contribution is 5.94. The number of carbonyl (C=O) groups excluding carboxylic acids is 2. The molecule has 1 atom stereocenters. The van der Waals surface area contributed by atoms with Gasteiger partial charge in [-0.15, -0.1) is 0 Å². The van der Waals surface area contributed by atoms with E-state index in [0.29, 0.717) is 18.7 Å². The molecule has 2 rings (SSSR count). The van der Waals surface area contributed by atoms with Gasteiger partial charge in [0.25, 0.3) is 0 Å². The van der Waals surface area contributed by atoms with Crippen molar-refractivity contribution in [1.82, 2.24) is 20.4 Å². The number of methoxy groups -OCH3 is 1. The van der Waals surface area contributed by atoms with Crippen LogP contribution in [0.3, 0.4) is 0 Å². The molecule has 0 bridgehead atoms. The third kappa shape index (κ3) is 3.37. The molecular weight excluding hydrogens is 298 g/mol. The second-order valence-corrected chi connectivity index (χ2v) is 5.93. The quantitative estimate of drug-likeness (QED) is 0.694. The van der Waals surface area contributed by atoms with Crippen molar-refractivity contribution in [3.63, 3.8) is 0 Å². The van der Waals surface area contributed by atoms with E-state index >= 15 is 0 Å². The fourth-order valence-electron chi connectivity index (χ4n) is 3.21. The molecule has 2 amide bonds. The average molecular weight is 323 g/mol. The topological polar surface area (TPSA) is 99.3 Å². The number of aromatic nitrogens is 2. The van der Waals surface area contributed by atoms with E-state index in [0.717, 1.165) is 17.8 Å². The number of hydrogen-bond donors (Lipinski definition) is 3. The van der Waals surface area contributed by atoms with E-state index in [-0.39, 0.29) is 25.0 Å². The lowest BCUT2D eigenvalue weighted by Gasteiger charge is -2.35. The summed E-state index contributed by atoms with van der Waals surface area (Å²) in [6.45, 7) is 4.78. The summed E-state index contributed by atoms with van der Waals surface area (Å²) in [6, 6.07) is 0. The van der Waals surface area contributed by atoms with Gasteiger partial charge in [0.1, 0.15) is 5.54 Å². The van der Waals surface area contributed by atoms with Gasteiger partial charge in [-0.3, -0.25) is 19.6 Å². The molecule has 1 unspecified atom stereocenters. The van der Waals surface area contributed by atoms with E-state index in [2.05, 4.69) is 20.8 Å². The number of ether oxygens (including phenoxy) is 1. The van der Waals surface area contributed by atoms with Crippen molar-refractivity contribution in [3.8, 4) is 0 Å². The number of likely N-dealkylation sites (tertiary alicyclic amines) is 1. The molecule has 8 heteroatoms. The van der Waals surface area contributed by atoms with E-state index in [4.69, 9.17) is 4.74 Å². The predicted octanol–water partition coefficient (Wildman–Crippen LogP) is 0.192. The molecule has 0 spiro atoms. The molecule has 2 heterocycles. The molecule has 1 aliphatic rings. The molecule has 1 fully saturated rings. The molecule has 1 aromatic heterocycles. The van der Waals surface area contributed by atoms with Crippen LogP contribution >= 0.6 is 0 Å². The van der Waals surface area contributed by atoms with Gasteiger partial charge in [0.15, 0.2) is 0 Å². The number of likely N-dealkylation sites (N-methyl/N-ethyl adjacent to an activating group) is 1. The lowest BCUT2D eigenvalue weighted by atomic mass is 9.96. The maximum absolute atomic E-state index is 12.4. The highest BCUT2D eigenvalue weighted by Gasteiger charge is 2.47. The minimum atomic E-state index is -0.776. The molecule has 3 N–H and O–H groups in total. The number of aryl methyl sites for hydroxylation is 2. The number of aromatic amines is 1. The van der Waals surface area contributed by atoms with Gasteiger partial charge in [0, 0.05) is 14.2 Å². The van der Waals surface area contributed by atoms with Gasteiger partial charge in [-0.1, -0.05) is 0 Å². The van der Waals surface area contributed by atoms with Crippen molar-refractivity contribution in [2.24, 2.45) is 0 Å². The molecule has 0 saturated carbocycles. The molecule has 1 aromatic rings. The van der Waals surface area contributed by atoms with Crippen LogP contribution in [0.15, 0.2) is 0 Å².